The van der Waals surface area contributed by atoms with Gasteiger partial charge in [-0.3, -0.25) is 4.79 Å². The van der Waals surface area contributed by atoms with Crippen LogP contribution in [-0.2, 0) is 9.53 Å². The lowest BCUT2D eigenvalue weighted by Crippen LogP contribution is -2.23. The summed E-state index contributed by atoms with van der Waals surface area (Å²) in [6.45, 7) is 5.85. The third kappa shape index (κ3) is 3.63. The molecule has 0 spiro atoms. The first kappa shape index (κ1) is 14.3. The van der Waals surface area contributed by atoms with Crippen molar-refractivity contribution in [2.45, 2.75) is 33.3 Å². The number of hydrogen-bond donors (Lipinski definition) is 0. The van der Waals surface area contributed by atoms with Crippen LogP contribution in [0, 0.1) is 24.2 Å². The molecule has 1 aromatic carbocycles. The maximum Gasteiger partial charge on any atom is 0.321 e. The molecule has 0 N–H and O–H groups in total. The zero-order valence-corrected chi connectivity index (χ0v) is 11.2. The topological polar surface area (TPSA) is 26.3 Å². The standard InChI is InChI=1S/C16H20O2/c1-5-12(3)15(6-2)16(17)18-13(4)14-10-8-7-9-11-14/h2,7-13,15H,5H2,1,3-4H3. The Kier molecular flexibility index (Phi) is 5.45. The molecule has 0 bridgehead atoms. The number of benzene rings is 1. The smallest absolute Gasteiger partial charge is 0.321 e. The summed E-state index contributed by atoms with van der Waals surface area (Å²) >= 11 is 0. The Bertz CT molecular complexity index is 416. The quantitative estimate of drug-likeness (QED) is 0.584. The molecule has 0 amide bonds. The fraction of sp³-hybridized carbons (Fsp3) is 0.438. The average Bonchev–Trinajstić information content (AvgIpc) is 2.40. The molecule has 1 aromatic rings. The van der Waals surface area contributed by atoms with Crippen molar-refractivity contribution in [2.75, 3.05) is 0 Å². The van der Waals surface area contributed by atoms with Crippen molar-refractivity contribution < 1.29 is 9.53 Å². The minimum atomic E-state index is -0.457. The van der Waals surface area contributed by atoms with Crippen molar-refractivity contribution in [3.05, 3.63) is 35.9 Å². The maximum absolute atomic E-state index is 12.0. The molecule has 0 saturated carbocycles. The highest BCUT2D eigenvalue weighted by molar-refractivity contribution is 5.76. The van der Waals surface area contributed by atoms with E-state index in [0.717, 1.165) is 12.0 Å². The molecule has 0 heterocycles. The van der Waals surface area contributed by atoms with Crippen molar-refractivity contribution >= 4 is 5.97 Å². The molecule has 96 valence electrons. The Hall–Kier alpha value is -1.75. The highest BCUT2D eigenvalue weighted by atomic mass is 16.5. The Balaban J connectivity index is 2.67. The minimum absolute atomic E-state index is 0.144. The molecule has 0 aliphatic rings. The number of carbonyl (C=O) groups is 1. The van der Waals surface area contributed by atoms with E-state index < -0.39 is 5.92 Å². The monoisotopic (exact) mass is 244 g/mol. The van der Waals surface area contributed by atoms with Gasteiger partial charge < -0.3 is 4.74 Å². The molecule has 1 rings (SSSR count). The molecule has 18 heavy (non-hydrogen) atoms. The van der Waals surface area contributed by atoms with Crippen molar-refractivity contribution in [2.24, 2.45) is 11.8 Å². The number of rotatable bonds is 5. The summed E-state index contributed by atoms with van der Waals surface area (Å²) in [6.07, 6.45) is 6.01. The van der Waals surface area contributed by atoms with Crippen LogP contribution in [0.4, 0.5) is 0 Å². The van der Waals surface area contributed by atoms with Crippen LogP contribution in [-0.4, -0.2) is 5.97 Å². The molecule has 3 unspecified atom stereocenters. The molecule has 0 aliphatic heterocycles. The second kappa shape index (κ2) is 6.86. The lowest BCUT2D eigenvalue weighted by Gasteiger charge is -2.19. The van der Waals surface area contributed by atoms with Crippen LogP contribution < -0.4 is 0 Å². The van der Waals surface area contributed by atoms with Gasteiger partial charge in [-0.2, -0.15) is 0 Å². The van der Waals surface area contributed by atoms with Crippen molar-refractivity contribution in [1.29, 1.82) is 0 Å². The fourth-order valence-electron chi connectivity index (χ4n) is 1.74. The van der Waals surface area contributed by atoms with E-state index in [9.17, 15) is 4.79 Å². The molecule has 0 fully saturated rings. The molecule has 2 heteroatoms. The number of ether oxygens (including phenoxy) is 1. The maximum atomic E-state index is 12.0. The van der Waals surface area contributed by atoms with Gasteiger partial charge in [0.2, 0.25) is 0 Å². The van der Waals surface area contributed by atoms with Gasteiger partial charge in [0.05, 0.1) is 0 Å². The number of hydrogen-bond acceptors (Lipinski definition) is 2. The van der Waals surface area contributed by atoms with E-state index in [1.54, 1.807) is 0 Å². The molecule has 0 saturated heterocycles. The van der Waals surface area contributed by atoms with Crippen LogP contribution in [0.25, 0.3) is 0 Å². The third-order valence-electron chi connectivity index (χ3n) is 3.21. The summed E-state index contributed by atoms with van der Waals surface area (Å²) in [5, 5.41) is 0. The van der Waals surface area contributed by atoms with E-state index in [2.05, 4.69) is 5.92 Å². The van der Waals surface area contributed by atoms with Crippen molar-refractivity contribution in [1.82, 2.24) is 0 Å². The van der Waals surface area contributed by atoms with Gasteiger partial charge in [-0.15, -0.1) is 6.42 Å². The summed E-state index contributed by atoms with van der Waals surface area (Å²) < 4.78 is 5.43. The molecular weight excluding hydrogens is 224 g/mol. The van der Waals surface area contributed by atoms with E-state index in [4.69, 9.17) is 11.2 Å². The van der Waals surface area contributed by atoms with Gasteiger partial charge in [0.25, 0.3) is 0 Å². The first-order valence-corrected chi connectivity index (χ1v) is 6.31. The summed E-state index contributed by atoms with van der Waals surface area (Å²) in [7, 11) is 0. The lowest BCUT2D eigenvalue weighted by molar-refractivity contribution is -0.153. The van der Waals surface area contributed by atoms with Crippen molar-refractivity contribution in [3.63, 3.8) is 0 Å². The van der Waals surface area contributed by atoms with Gasteiger partial charge >= 0.3 is 5.97 Å². The van der Waals surface area contributed by atoms with Gasteiger partial charge in [0.15, 0.2) is 0 Å². The summed E-state index contributed by atoms with van der Waals surface area (Å²) in [6, 6.07) is 9.65. The summed E-state index contributed by atoms with van der Waals surface area (Å²) in [4.78, 5) is 12.0. The van der Waals surface area contributed by atoms with E-state index in [0.29, 0.717) is 0 Å². The van der Waals surface area contributed by atoms with Crippen LogP contribution in [0.3, 0.4) is 0 Å². The molecule has 0 radical (unpaired) electrons. The first-order valence-electron chi connectivity index (χ1n) is 6.31. The SMILES string of the molecule is C#CC(C(=O)OC(C)c1ccccc1)C(C)CC. The number of terminal acetylenes is 1. The van der Waals surface area contributed by atoms with Crippen LogP contribution in [0.5, 0.6) is 0 Å². The summed E-state index contributed by atoms with van der Waals surface area (Å²) in [5.41, 5.74) is 0.978. The third-order valence-corrected chi connectivity index (χ3v) is 3.21. The Morgan fingerprint density at radius 2 is 1.94 bits per heavy atom. The van der Waals surface area contributed by atoms with E-state index >= 15 is 0 Å². The van der Waals surface area contributed by atoms with Gasteiger partial charge in [-0.25, -0.2) is 0 Å². The van der Waals surface area contributed by atoms with Crippen molar-refractivity contribution in [3.8, 4) is 12.3 Å². The highest BCUT2D eigenvalue weighted by Crippen LogP contribution is 2.22. The van der Waals surface area contributed by atoms with Gasteiger partial charge in [-0.1, -0.05) is 56.5 Å². The van der Waals surface area contributed by atoms with E-state index in [1.165, 1.54) is 0 Å². The molecular formula is C16H20O2. The Morgan fingerprint density at radius 1 is 1.33 bits per heavy atom. The predicted octanol–water partition coefficient (Wildman–Crippen LogP) is 3.59. The van der Waals surface area contributed by atoms with Gasteiger partial charge in [0.1, 0.15) is 12.0 Å². The van der Waals surface area contributed by atoms with Gasteiger partial charge in [-0.05, 0) is 18.4 Å². The number of esters is 1. The highest BCUT2D eigenvalue weighted by Gasteiger charge is 2.25. The van der Waals surface area contributed by atoms with E-state index in [1.807, 2.05) is 51.1 Å². The van der Waals surface area contributed by atoms with Crippen LogP contribution in [0.15, 0.2) is 30.3 Å². The first-order chi connectivity index (χ1) is 8.60. The number of carbonyl (C=O) groups excluding carboxylic acids is 1. The lowest BCUT2D eigenvalue weighted by atomic mass is 9.92. The second-order valence-electron chi connectivity index (χ2n) is 4.52. The van der Waals surface area contributed by atoms with Gasteiger partial charge in [0, 0.05) is 0 Å². The van der Waals surface area contributed by atoms with Crippen LogP contribution in [0.2, 0.25) is 0 Å². The molecule has 2 nitrogen and oxygen atoms in total. The average molecular weight is 244 g/mol. The molecule has 0 aromatic heterocycles. The Morgan fingerprint density at radius 3 is 2.44 bits per heavy atom. The normalized spacial score (nSPS) is 15.2. The zero-order chi connectivity index (χ0) is 13.5. The molecule has 3 atom stereocenters. The Labute approximate surface area is 109 Å². The predicted molar refractivity (Wildman–Crippen MR) is 72.7 cm³/mol. The summed E-state index contributed by atoms with van der Waals surface area (Å²) in [5.74, 6) is 1.92. The minimum Gasteiger partial charge on any atom is -0.457 e. The van der Waals surface area contributed by atoms with E-state index in [-0.39, 0.29) is 18.0 Å². The van der Waals surface area contributed by atoms with Crippen LogP contribution >= 0.6 is 0 Å². The fourth-order valence-corrected chi connectivity index (χ4v) is 1.74. The zero-order valence-electron chi connectivity index (χ0n) is 11.2. The molecule has 0 aliphatic carbocycles. The largest absolute Gasteiger partial charge is 0.457 e. The van der Waals surface area contributed by atoms with Crippen LogP contribution in [0.1, 0.15) is 38.9 Å². The second-order valence-corrected chi connectivity index (χ2v) is 4.52.